The lowest BCUT2D eigenvalue weighted by Crippen LogP contribution is -2.23. The highest BCUT2D eigenvalue weighted by Gasteiger charge is 2.41. The molecule has 6 nitrogen and oxygen atoms in total. The van der Waals surface area contributed by atoms with Gasteiger partial charge in [0.1, 0.15) is 0 Å². The second kappa shape index (κ2) is 4.70. The molecule has 0 radical (unpaired) electrons. The second-order valence-electron chi connectivity index (χ2n) is 3.33. The predicted molar refractivity (Wildman–Crippen MR) is 48.3 cm³/mol. The average molecular weight is 253 g/mol. The molecule has 1 rings (SSSR count). The van der Waals surface area contributed by atoms with Crippen LogP contribution >= 0.6 is 0 Å². The molecule has 0 aromatic carbocycles. The quantitative estimate of drug-likeness (QED) is 0.827. The number of carboxylic acids is 1. The minimum Gasteiger partial charge on any atom is -0.476 e. The van der Waals surface area contributed by atoms with E-state index in [4.69, 9.17) is 5.11 Å². The zero-order chi connectivity index (χ0) is 13.2. The molecule has 17 heavy (non-hydrogen) atoms. The summed E-state index contributed by atoms with van der Waals surface area (Å²) < 4.78 is 38.2. The Morgan fingerprint density at radius 2 is 2.12 bits per heavy atom. The Bertz CT molecular complexity index is 416. The van der Waals surface area contributed by atoms with E-state index in [0.717, 1.165) is 0 Å². The first-order valence-corrected chi connectivity index (χ1v) is 4.69. The van der Waals surface area contributed by atoms with E-state index >= 15 is 0 Å². The van der Waals surface area contributed by atoms with Crippen LogP contribution in [0.25, 0.3) is 0 Å². The second-order valence-corrected chi connectivity index (χ2v) is 3.33. The molecule has 0 saturated heterocycles. The van der Waals surface area contributed by atoms with Crippen LogP contribution in [0.2, 0.25) is 0 Å². The molecular weight excluding hydrogens is 243 g/mol. The number of hydrogen-bond acceptors (Lipinski definition) is 4. The number of carbonyl (C=O) groups is 1. The number of alkyl halides is 3. The van der Waals surface area contributed by atoms with Crippen LogP contribution in [-0.2, 0) is 12.7 Å². The van der Waals surface area contributed by atoms with Crippen molar-refractivity contribution in [1.29, 1.82) is 0 Å². The van der Waals surface area contributed by atoms with Crippen LogP contribution in [0, 0.1) is 0 Å². The molecule has 1 aromatic heterocycles. The minimum atomic E-state index is -4.88. The highest BCUT2D eigenvalue weighted by Crippen LogP contribution is 2.31. The van der Waals surface area contributed by atoms with Crippen LogP contribution in [0.3, 0.4) is 0 Å². The zero-order valence-electron chi connectivity index (χ0n) is 8.77. The lowest BCUT2D eigenvalue weighted by Gasteiger charge is -2.12. The van der Waals surface area contributed by atoms with Gasteiger partial charge in [-0.25, -0.2) is 9.48 Å². The summed E-state index contributed by atoms with van der Waals surface area (Å²) in [6, 6.07) is 0. The molecule has 0 amide bonds. The van der Waals surface area contributed by atoms with E-state index in [1.807, 2.05) is 0 Å². The summed E-state index contributed by atoms with van der Waals surface area (Å²) in [7, 11) is 0. The summed E-state index contributed by atoms with van der Waals surface area (Å²) in [5.74, 6) is -1.81. The molecule has 2 N–H and O–H groups in total. The number of hydrogen-bond donors (Lipinski definition) is 2. The molecule has 0 bridgehead atoms. The smallest absolute Gasteiger partial charge is 0.435 e. The van der Waals surface area contributed by atoms with Crippen LogP contribution < -0.4 is 0 Å². The van der Waals surface area contributed by atoms with Gasteiger partial charge in [0.15, 0.2) is 5.69 Å². The number of nitrogens with zero attached hydrogens (tertiary/aromatic N) is 3. The third-order valence-electron chi connectivity index (χ3n) is 2.06. The molecule has 9 heteroatoms. The molecule has 0 aliphatic carbocycles. The molecule has 96 valence electrons. The third kappa shape index (κ3) is 2.93. The third-order valence-corrected chi connectivity index (χ3v) is 2.06. The number of rotatable bonds is 4. The molecule has 1 aromatic rings. The Balaban J connectivity index is 3.19. The lowest BCUT2D eigenvalue weighted by molar-refractivity contribution is -0.145. The Hall–Kier alpha value is -1.64. The van der Waals surface area contributed by atoms with Crippen molar-refractivity contribution in [2.45, 2.75) is 32.2 Å². The van der Waals surface area contributed by atoms with Crippen LogP contribution in [0.4, 0.5) is 13.2 Å². The van der Waals surface area contributed by atoms with Gasteiger partial charge in [-0.15, -0.1) is 5.10 Å². The molecule has 1 atom stereocenters. The molecular formula is C8H10F3N3O3. The average Bonchev–Trinajstić information content (AvgIpc) is 2.60. The van der Waals surface area contributed by atoms with E-state index in [9.17, 15) is 23.1 Å². The largest absolute Gasteiger partial charge is 0.476 e. The van der Waals surface area contributed by atoms with E-state index in [1.165, 1.54) is 0 Å². The number of carboxylic acid groups (broad SMARTS) is 1. The Morgan fingerprint density at radius 3 is 2.53 bits per heavy atom. The van der Waals surface area contributed by atoms with Gasteiger partial charge in [-0.3, -0.25) is 0 Å². The van der Waals surface area contributed by atoms with Crippen LogP contribution in [0.15, 0.2) is 0 Å². The highest BCUT2D eigenvalue weighted by atomic mass is 19.4. The first-order chi connectivity index (χ1) is 7.77. The highest BCUT2D eigenvalue weighted by molar-refractivity contribution is 5.86. The van der Waals surface area contributed by atoms with E-state index in [2.05, 4.69) is 10.3 Å². The number of aliphatic hydroxyl groups excluding tert-OH is 1. The van der Waals surface area contributed by atoms with Gasteiger partial charge in [0.05, 0.1) is 12.6 Å². The maximum atomic E-state index is 12.6. The van der Waals surface area contributed by atoms with Gasteiger partial charge >= 0.3 is 12.1 Å². The molecule has 0 aliphatic heterocycles. The fraction of sp³-hybridized carbons (Fsp3) is 0.625. The monoisotopic (exact) mass is 253 g/mol. The molecule has 1 unspecified atom stereocenters. The molecule has 0 spiro atoms. The fourth-order valence-electron chi connectivity index (χ4n) is 1.19. The van der Waals surface area contributed by atoms with Crippen LogP contribution in [-0.4, -0.2) is 37.3 Å². The van der Waals surface area contributed by atoms with Crippen LogP contribution in [0.5, 0.6) is 0 Å². The summed E-state index contributed by atoms with van der Waals surface area (Å²) in [5, 5.41) is 23.9. The SMILES string of the molecule is CCC(O)Cn1nnc(C(=O)O)c1C(F)(F)F. The summed E-state index contributed by atoms with van der Waals surface area (Å²) >= 11 is 0. The fourth-order valence-corrected chi connectivity index (χ4v) is 1.19. The topological polar surface area (TPSA) is 88.2 Å². The van der Waals surface area contributed by atoms with Crippen molar-refractivity contribution < 1.29 is 28.2 Å². The van der Waals surface area contributed by atoms with Gasteiger partial charge < -0.3 is 10.2 Å². The minimum absolute atomic E-state index is 0.222. The molecule has 0 aliphatic rings. The zero-order valence-corrected chi connectivity index (χ0v) is 8.77. The van der Waals surface area contributed by atoms with Crippen molar-refractivity contribution in [3.05, 3.63) is 11.4 Å². The predicted octanol–water partition coefficient (Wildman–Crippen LogP) is 0.766. The van der Waals surface area contributed by atoms with E-state index < -0.39 is 36.2 Å². The Labute approximate surface area is 93.7 Å². The number of aromatic nitrogens is 3. The standard InChI is InChI=1S/C8H10F3N3O3/c1-2-4(15)3-14-6(8(9,10)11)5(7(16)17)12-13-14/h4,15H,2-3H2,1H3,(H,16,17). The number of aliphatic hydroxyl groups is 1. The first-order valence-electron chi connectivity index (χ1n) is 4.69. The van der Waals surface area contributed by atoms with E-state index in [0.29, 0.717) is 4.68 Å². The maximum absolute atomic E-state index is 12.6. The van der Waals surface area contributed by atoms with Crippen LogP contribution in [0.1, 0.15) is 29.5 Å². The van der Waals surface area contributed by atoms with Gasteiger partial charge in [0, 0.05) is 0 Å². The number of halogens is 3. The molecule has 0 fully saturated rings. The van der Waals surface area contributed by atoms with Gasteiger partial charge in [-0.2, -0.15) is 13.2 Å². The van der Waals surface area contributed by atoms with Crippen molar-refractivity contribution in [2.75, 3.05) is 0 Å². The van der Waals surface area contributed by atoms with Gasteiger partial charge in [-0.05, 0) is 6.42 Å². The van der Waals surface area contributed by atoms with Gasteiger partial charge in [-0.1, -0.05) is 12.1 Å². The normalized spacial score (nSPS) is 13.7. The van der Waals surface area contributed by atoms with Gasteiger partial charge in [0.25, 0.3) is 0 Å². The Morgan fingerprint density at radius 1 is 1.53 bits per heavy atom. The lowest BCUT2D eigenvalue weighted by atomic mass is 10.2. The maximum Gasteiger partial charge on any atom is 0.435 e. The first kappa shape index (κ1) is 13.4. The summed E-state index contributed by atoms with van der Waals surface area (Å²) in [5.41, 5.74) is -2.63. The van der Waals surface area contributed by atoms with Crippen molar-refractivity contribution in [1.82, 2.24) is 15.0 Å². The van der Waals surface area contributed by atoms with Crippen molar-refractivity contribution in [3.63, 3.8) is 0 Å². The molecule has 0 saturated carbocycles. The summed E-state index contributed by atoms with van der Waals surface area (Å²) in [6.45, 7) is 1.12. The van der Waals surface area contributed by atoms with E-state index in [-0.39, 0.29) is 6.42 Å². The summed E-state index contributed by atoms with van der Waals surface area (Å²) in [4.78, 5) is 10.6. The molecule has 1 heterocycles. The van der Waals surface area contributed by atoms with Crippen molar-refractivity contribution >= 4 is 5.97 Å². The summed E-state index contributed by atoms with van der Waals surface area (Å²) in [6.07, 6.45) is -5.70. The van der Waals surface area contributed by atoms with E-state index in [1.54, 1.807) is 6.92 Å². The number of aromatic carboxylic acids is 1. The van der Waals surface area contributed by atoms with Crippen molar-refractivity contribution in [2.24, 2.45) is 0 Å². The van der Waals surface area contributed by atoms with Crippen molar-refractivity contribution in [3.8, 4) is 0 Å². The Kier molecular flexibility index (Phi) is 3.71. The van der Waals surface area contributed by atoms with Gasteiger partial charge in [0.2, 0.25) is 5.69 Å².